The lowest BCUT2D eigenvalue weighted by molar-refractivity contribution is -0.141. The minimum atomic E-state index is -0.428. The first-order chi connectivity index (χ1) is 14.2. The Morgan fingerprint density at radius 1 is 1.10 bits per heavy atom. The summed E-state index contributed by atoms with van der Waals surface area (Å²) < 4.78 is 11.4. The zero-order valence-electron chi connectivity index (χ0n) is 16.2. The Morgan fingerprint density at radius 3 is 2.69 bits per heavy atom. The van der Waals surface area contributed by atoms with Crippen molar-refractivity contribution < 1.29 is 19.1 Å². The number of nitrogens with zero attached hydrogens (tertiary/aromatic N) is 4. The molecule has 0 aliphatic carbocycles. The van der Waals surface area contributed by atoms with Crippen LogP contribution in [0.2, 0.25) is 0 Å². The van der Waals surface area contributed by atoms with Crippen molar-refractivity contribution in [1.82, 2.24) is 14.9 Å². The van der Waals surface area contributed by atoms with E-state index in [0.29, 0.717) is 26.1 Å². The van der Waals surface area contributed by atoms with Crippen molar-refractivity contribution in [3.63, 3.8) is 0 Å². The zero-order chi connectivity index (χ0) is 20.1. The first-order valence-electron chi connectivity index (χ1n) is 9.82. The Bertz CT molecular complexity index is 848. The van der Waals surface area contributed by atoms with Gasteiger partial charge >= 0.3 is 6.01 Å². The van der Waals surface area contributed by atoms with Gasteiger partial charge in [0, 0.05) is 31.2 Å². The average molecular weight is 396 g/mol. The van der Waals surface area contributed by atoms with Gasteiger partial charge in [0.1, 0.15) is 6.61 Å². The van der Waals surface area contributed by atoms with Gasteiger partial charge in [-0.2, -0.15) is 0 Å². The summed E-state index contributed by atoms with van der Waals surface area (Å²) in [4.78, 5) is 36.5. The Labute approximate surface area is 169 Å². The molecule has 8 nitrogen and oxygen atoms in total. The van der Waals surface area contributed by atoms with Crippen molar-refractivity contribution in [2.75, 3.05) is 37.7 Å². The van der Waals surface area contributed by atoms with Gasteiger partial charge in [-0.05, 0) is 37.5 Å². The van der Waals surface area contributed by atoms with Gasteiger partial charge in [-0.25, -0.2) is 9.97 Å². The molecule has 1 unspecified atom stereocenters. The van der Waals surface area contributed by atoms with Gasteiger partial charge in [0.05, 0.1) is 12.1 Å². The molecule has 4 rings (SSSR count). The van der Waals surface area contributed by atoms with Gasteiger partial charge in [-0.1, -0.05) is 18.2 Å². The fraction of sp³-hybridized carbons (Fsp3) is 0.429. The fourth-order valence-corrected chi connectivity index (χ4v) is 3.85. The van der Waals surface area contributed by atoms with E-state index in [1.54, 1.807) is 28.3 Å². The first kappa shape index (κ1) is 19.3. The second kappa shape index (κ2) is 8.57. The van der Waals surface area contributed by atoms with E-state index >= 15 is 0 Å². The molecule has 1 spiro atoms. The van der Waals surface area contributed by atoms with E-state index in [9.17, 15) is 9.59 Å². The summed E-state index contributed by atoms with van der Waals surface area (Å²) in [6.45, 7) is 1.69. The molecular weight excluding hydrogens is 372 g/mol. The van der Waals surface area contributed by atoms with Crippen molar-refractivity contribution in [3.8, 4) is 6.01 Å². The number of carbonyl (C=O) groups excluding carboxylic acids is 2. The number of amides is 2. The third kappa shape index (κ3) is 4.54. The highest BCUT2D eigenvalue weighted by atomic mass is 16.5. The average Bonchev–Trinajstić information content (AvgIpc) is 2.98. The van der Waals surface area contributed by atoms with E-state index in [1.807, 2.05) is 30.3 Å². The molecule has 1 atom stereocenters. The number of aromatic nitrogens is 2. The van der Waals surface area contributed by atoms with E-state index in [-0.39, 0.29) is 31.0 Å². The molecule has 0 radical (unpaired) electrons. The van der Waals surface area contributed by atoms with Crippen LogP contribution in [0.1, 0.15) is 19.3 Å². The molecule has 2 saturated heterocycles. The molecule has 2 amide bonds. The maximum Gasteiger partial charge on any atom is 0.316 e. The van der Waals surface area contributed by atoms with E-state index in [0.717, 1.165) is 18.5 Å². The molecule has 3 heterocycles. The van der Waals surface area contributed by atoms with Crippen LogP contribution in [0.4, 0.5) is 5.69 Å². The Hall–Kier alpha value is -3.00. The van der Waals surface area contributed by atoms with Crippen molar-refractivity contribution >= 4 is 17.5 Å². The number of carbonyl (C=O) groups is 2. The molecule has 1 aromatic carbocycles. The molecule has 0 bridgehead atoms. The minimum absolute atomic E-state index is 0.0322. The third-order valence-corrected chi connectivity index (χ3v) is 5.43. The zero-order valence-corrected chi connectivity index (χ0v) is 16.2. The lowest BCUT2D eigenvalue weighted by atomic mass is 9.92. The van der Waals surface area contributed by atoms with Gasteiger partial charge in [0.15, 0.2) is 6.61 Å². The molecule has 152 valence electrons. The Kier molecular flexibility index (Phi) is 5.71. The standard InChI is InChI=1S/C21H24N4O4/c26-18(14-28-20-22-10-5-11-23-20)24-12-4-8-21(9-13-24)16-25(19(27)15-29-21)17-6-2-1-3-7-17/h1-3,5-7,10-11H,4,8-9,12-16H2. The van der Waals surface area contributed by atoms with Gasteiger partial charge in [0.2, 0.25) is 0 Å². The summed E-state index contributed by atoms with van der Waals surface area (Å²) in [5.41, 5.74) is 0.455. The number of morpholine rings is 1. The van der Waals surface area contributed by atoms with Gasteiger partial charge in [-0.15, -0.1) is 0 Å². The summed E-state index contributed by atoms with van der Waals surface area (Å²) in [5.74, 6) is -0.128. The monoisotopic (exact) mass is 396 g/mol. The van der Waals surface area contributed by atoms with Gasteiger partial charge in [-0.3, -0.25) is 9.59 Å². The lowest BCUT2D eigenvalue weighted by Crippen LogP contribution is -2.55. The summed E-state index contributed by atoms with van der Waals surface area (Å²) in [5, 5.41) is 0. The van der Waals surface area contributed by atoms with Crippen molar-refractivity contribution in [1.29, 1.82) is 0 Å². The summed E-state index contributed by atoms with van der Waals surface area (Å²) >= 11 is 0. The summed E-state index contributed by atoms with van der Waals surface area (Å²) in [6, 6.07) is 11.5. The van der Waals surface area contributed by atoms with E-state index in [1.165, 1.54) is 0 Å². The normalized spacial score (nSPS) is 22.4. The molecule has 0 saturated carbocycles. The number of rotatable bonds is 4. The lowest BCUT2D eigenvalue weighted by Gasteiger charge is -2.42. The number of para-hydroxylation sites is 1. The van der Waals surface area contributed by atoms with Crippen LogP contribution < -0.4 is 9.64 Å². The first-order valence-corrected chi connectivity index (χ1v) is 9.82. The number of anilines is 1. The van der Waals surface area contributed by atoms with Gasteiger partial charge in [0.25, 0.3) is 11.8 Å². The van der Waals surface area contributed by atoms with E-state index in [4.69, 9.17) is 9.47 Å². The molecular formula is C21H24N4O4. The van der Waals surface area contributed by atoms with E-state index < -0.39 is 5.60 Å². The SMILES string of the molecule is O=C(COc1ncccn1)N1CCCC2(CC1)CN(c1ccccc1)C(=O)CO2. The molecule has 29 heavy (non-hydrogen) atoms. The highest BCUT2D eigenvalue weighted by Crippen LogP contribution is 2.32. The van der Waals surface area contributed by atoms with Crippen LogP contribution in [0.5, 0.6) is 6.01 Å². The second-order valence-corrected chi connectivity index (χ2v) is 7.34. The predicted molar refractivity (Wildman–Crippen MR) is 105 cm³/mol. The van der Waals surface area contributed by atoms with Crippen LogP contribution in [0, 0.1) is 0 Å². The Balaban J connectivity index is 1.37. The molecule has 0 N–H and O–H groups in total. The maximum atomic E-state index is 12.6. The van der Waals surface area contributed by atoms with Crippen molar-refractivity contribution in [2.24, 2.45) is 0 Å². The third-order valence-electron chi connectivity index (χ3n) is 5.43. The van der Waals surface area contributed by atoms with E-state index in [2.05, 4.69) is 9.97 Å². The van der Waals surface area contributed by atoms with Crippen LogP contribution in [-0.4, -0.2) is 65.1 Å². The largest absolute Gasteiger partial charge is 0.453 e. The highest BCUT2D eigenvalue weighted by molar-refractivity contribution is 5.95. The Morgan fingerprint density at radius 2 is 1.90 bits per heavy atom. The predicted octanol–water partition coefficient (Wildman–Crippen LogP) is 1.67. The molecule has 2 aliphatic heterocycles. The number of hydrogen-bond donors (Lipinski definition) is 0. The van der Waals surface area contributed by atoms with Crippen molar-refractivity contribution in [3.05, 3.63) is 48.8 Å². The van der Waals surface area contributed by atoms with Gasteiger partial charge < -0.3 is 19.3 Å². The van der Waals surface area contributed by atoms with Crippen LogP contribution >= 0.6 is 0 Å². The molecule has 2 fully saturated rings. The fourth-order valence-electron chi connectivity index (χ4n) is 3.85. The maximum absolute atomic E-state index is 12.6. The van der Waals surface area contributed by atoms with Crippen LogP contribution in [0.25, 0.3) is 0 Å². The smallest absolute Gasteiger partial charge is 0.316 e. The highest BCUT2D eigenvalue weighted by Gasteiger charge is 2.41. The number of benzene rings is 1. The summed E-state index contributed by atoms with van der Waals surface area (Å²) in [6.07, 6.45) is 5.43. The second-order valence-electron chi connectivity index (χ2n) is 7.34. The van der Waals surface area contributed by atoms with Crippen LogP contribution in [0.3, 0.4) is 0 Å². The quantitative estimate of drug-likeness (QED) is 0.782. The molecule has 2 aliphatic rings. The molecule has 8 heteroatoms. The summed E-state index contributed by atoms with van der Waals surface area (Å²) in [7, 11) is 0. The van der Waals surface area contributed by atoms with Crippen molar-refractivity contribution in [2.45, 2.75) is 24.9 Å². The minimum Gasteiger partial charge on any atom is -0.453 e. The number of likely N-dealkylation sites (tertiary alicyclic amines) is 1. The number of hydrogen-bond acceptors (Lipinski definition) is 6. The van der Waals surface area contributed by atoms with Crippen LogP contribution in [0.15, 0.2) is 48.8 Å². The number of ether oxygens (including phenoxy) is 2. The molecule has 1 aromatic heterocycles. The topological polar surface area (TPSA) is 84.9 Å². The van der Waals surface area contributed by atoms with Crippen LogP contribution in [-0.2, 0) is 14.3 Å². The molecule has 2 aromatic rings.